The number of halogens is 1. The molecule has 0 heterocycles. The maximum atomic E-state index is 10.6. The van der Waals surface area contributed by atoms with E-state index >= 15 is 0 Å². The van der Waals surface area contributed by atoms with Gasteiger partial charge in [0.2, 0.25) is 0 Å². The van der Waals surface area contributed by atoms with Gasteiger partial charge in [-0.05, 0) is 27.4 Å². The number of esters is 1. The van der Waals surface area contributed by atoms with Crippen LogP contribution in [0.15, 0.2) is 12.7 Å². The summed E-state index contributed by atoms with van der Waals surface area (Å²) in [5.74, 6) is 0.457. The Kier molecular flexibility index (Phi) is 25.0. The molecule has 0 aromatic carbocycles. The summed E-state index contributed by atoms with van der Waals surface area (Å²) in [6.07, 6.45) is 20.8. The number of alkyl halides is 1. The van der Waals surface area contributed by atoms with Crippen LogP contribution in [0, 0.1) is 0 Å². The number of unbranched alkanes of at least 4 members (excludes halogenated alkanes) is 13. The van der Waals surface area contributed by atoms with Crippen LogP contribution in [-0.2, 0) is 9.53 Å². The van der Waals surface area contributed by atoms with Crippen LogP contribution in [0.4, 0.5) is 0 Å². The Bertz CT molecular complexity index is 308. The zero-order valence-corrected chi connectivity index (χ0v) is 19.4. The van der Waals surface area contributed by atoms with Crippen molar-refractivity contribution in [2.24, 2.45) is 0 Å². The van der Waals surface area contributed by atoms with E-state index < -0.39 is 0 Å². The Morgan fingerprint density at radius 2 is 1.26 bits per heavy atom. The van der Waals surface area contributed by atoms with Crippen LogP contribution in [0.1, 0.15) is 104 Å². The second kappa shape index (κ2) is 23.5. The molecule has 0 amide bonds. The van der Waals surface area contributed by atoms with Gasteiger partial charge in [-0.15, -0.1) is 11.6 Å². The van der Waals surface area contributed by atoms with Gasteiger partial charge in [-0.3, -0.25) is 4.90 Å². The van der Waals surface area contributed by atoms with E-state index in [0.717, 1.165) is 12.0 Å². The third-order valence-electron chi connectivity index (χ3n) is 4.67. The largest absolute Gasteiger partial charge is 0.444 e. The van der Waals surface area contributed by atoms with Crippen molar-refractivity contribution in [3.05, 3.63) is 12.7 Å². The topological polar surface area (TPSA) is 29.5 Å². The predicted molar refractivity (Wildman–Crippen MR) is 120 cm³/mol. The van der Waals surface area contributed by atoms with Crippen molar-refractivity contribution in [2.75, 3.05) is 20.0 Å². The highest BCUT2D eigenvalue weighted by Crippen LogP contribution is 2.12. The highest BCUT2D eigenvalue weighted by molar-refractivity contribution is 6.17. The first kappa shape index (κ1) is 28.7. The standard InChI is InChI=1S/C16H33Cl.C7H13NO2/c1-2-3-4-5-6-7-8-9-10-11-12-13-14-15-16-17;1-5-7(9)10-6(2)8(3)4/h2-16H2,1H3;5-6H,1H2,2-4H3. The van der Waals surface area contributed by atoms with E-state index in [1.165, 1.54) is 89.9 Å². The number of hydrogen-bond donors (Lipinski definition) is 0. The summed E-state index contributed by atoms with van der Waals surface area (Å²) in [6, 6.07) is 0. The second-order valence-corrected chi connectivity index (χ2v) is 7.87. The molecule has 0 aromatic rings. The lowest BCUT2D eigenvalue weighted by molar-refractivity contribution is -0.149. The summed E-state index contributed by atoms with van der Waals surface area (Å²) < 4.78 is 4.83. The van der Waals surface area contributed by atoms with Crippen LogP contribution in [0.2, 0.25) is 0 Å². The zero-order valence-electron chi connectivity index (χ0n) is 18.6. The van der Waals surface area contributed by atoms with E-state index in [1.54, 1.807) is 11.8 Å². The minimum absolute atomic E-state index is 0.189. The molecule has 4 heteroatoms. The molecule has 1 atom stereocenters. The summed E-state index contributed by atoms with van der Waals surface area (Å²) >= 11 is 5.64. The minimum Gasteiger partial charge on any atom is -0.444 e. The van der Waals surface area contributed by atoms with Gasteiger partial charge in [0.15, 0.2) is 6.23 Å². The Hall–Kier alpha value is -0.540. The van der Waals surface area contributed by atoms with Crippen LogP contribution in [0.3, 0.4) is 0 Å². The third-order valence-corrected chi connectivity index (χ3v) is 4.94. The maximum Gasteiger partial charge on any atom is 0.331 e. The summed E-state index contributed by atoms with van der Waals surface area (Å²) in [5, 5.41) is 0. The lowest BCUT2D eigenvalue weighted by Gasteiger charge is -2.18. The Morgan fingerprint density at radius 1 is 0.889 bits per heavy atom. The highest BCUT2D eigenvalue weighted by Gasteiger charge is 2.06. The SMILES string of the molecule is C=CC(=O)OC(C)N(C)C.CCCCCCCCCCCCCCCCCl. The molecule has 27 heavy (non-hydrogen) atoms. The molecular formula is C23H46ClNO2. The summed E-state index contributed by atoms with van der Waals surface area (Å²) in [6.45, 7) is 7.36. The molecule has 0 fully saturated rings. The van der Waals surface area contributed by atoms with Gasteiger partial charge in [0.05, 0.1) is 0 Å². The van der Waals surface area contributed by atoms with Crippen LogP contribution >= 0.6 is 11.6 Å². The molecule has 0 saturated carbocycles. The fourth-order valence-electron chi connectivity index (χ4n) is 2.61. The third kappa shape index (κ3) is 25.5. The van der Waals surface area contributed by atoms with Gasteiger partial charge in [0, 0.05) is 12.0 Å². The van der Waals surface area contributed by atoms with Crippen LogP contribution in [0.25, 0.3) is 0 Å². The smallest absolute Gasteiger partial charge is 0.331 e. The molecule has 1 unspecified atom stereocenters. The van der Waals surface area contributed by atoms with Crippen molar-refractivity contribution >= 4 is 17.6 Å². The van der Waals surface area contributed by atoms with Gasteiger partial charge < -0.3 is 4.74 Å². The van der Waals surface area contributed by atoms with Crippen LogP contribution < -0.4 is 0 Å². The molecule has 162 valence electrons. The van der Waals surface area contributed by atoms with E-state index in [1.807, 2.05) is 14.1 Å². The summed E-state index contributed by atoms with van der Waals surface area (Å²) in [5.41, 5.74) is 0. The van der Waals surface area contributed by atoms with Crippen molar-refractivity contribution in [1.82, 2.24) is 4.90 Å². The van der Waals surface area contributed by atoms with Gasteiger partial charge >= 0.3 is 5.97 Å². The number of hydrogen-bond acceptors (Lipinski definition) is 3. The average Bonchev–Trinajstić information content (AvgIpc) is 2.65. The van der Waals surface area contributed by atoms with Crippen LogP contribution in [-0.4, -0.2) is 37.1 Å². The number of carbonyl (C=O) groups excluding carboxylic acids is 1. The molecule has 3 nitrogen and oxygen atoms in total. The van der Waals surface area contributed by atoms with E-state index in [9.17, 15) is 4.79 Å². The monoisotopic (exact) mass is 403 g/mol. The van der Waals surface area contributed by atoms with Crippen molar-refractivity contribution in [2.45, 2.75) is 110 Å². The first-order valence-electron chi connectivity index (χ1n) is 11.0. The van der Waals surface area contributed by atoms with Crippen molar-refractivity contribution in [1.29, 1.82) is 0 Å². The second-order valence-electron chi connectivity index (χ2n) is 7.49. The maximum absolute atomic E-state index is 10.6. The number of rotatable bonds is 17. The number of carbonyl (C=O) groups is 1. The lowest BCUT2D eigenvalue weighted by Crippen LogP contribution is -2.29. The molecule has 0 radical (unpaired) electrons. The van der Waals surface area contributed by atoms with Gasteiger partial charge in [-0.25, -0.2) is 4.79 Å². The Morgan fingerprint density at radius 3 is 1.56 bits per heavy atom. The molecule has 0 N–H and O–H groups in total. The van der Waals surface area contributed by atoms with Crippen LogP contribution in [0.5, 0.6) is 0 Å². The lowest BCUT2D eigenvalue weighted by atomic mass is 10.0. The first-order valence-corrected chi connectivity index (χ1v) is 11.6. The molecule has 0 aromatic heterocycles. The van der Waals surface area contributed by atoms with E-state index in [-0.39, 0.29) is 12.2 Å². The van der Waals surface area contributed by atoms with Crippen molar-refractivity contribution < 1.29 is 9.53 Å². The summed E-state index contributed by atoms with van der Waals surface area (Å²) in [7, 11) is 3.67. The Balaban J connectivity index is 0. The fourth-order valence-corrected chi connectivity index (χ4v) is 2.80. The van der Waals surface area contributed by atoms with Crippen molar-refractivity contribution in [3.8, 4) is 0 Å². The normalized spacial score (nSPS) is 11.6. The Labute approximate surface area is 174 Å². The molecule has 0 bridgehead atoms. The quantitative estimate of drug-likeness (QED) is 0.0836. The average molecular weight is 404 g/mol. The first-order chi connectivity index (χ1) is 13.0. The number of nitrogens with zero attached hydrogens (tertiary/aromatic N) is 1. The molecule has 0 aliphatic rings. The van der Waals surface area contributed by atoms with Gasteiger partial charge in [-0.2, -0.15) is 0 Å². The zero-order chi connectivity index (χ0) is 20.8. The van der Waals surface area contributed by atoms with E-state index in [4.69, 9.17) is 16.3 Å². The van der Waals surface area contributed by atoms with Gasteiger partial charge in [0.1, 0.15) is 0 Å². The van der Waals surface area contributed by atoms with Crippen molar-refractivity contribution in [3.63, 3.8) is 0 Å². The summed E-state index contributed by atoms with van der Waals surface area (Å²) in [4.78, 5) is 12.4. The highest BCUT2D eigenvalue weighted by atomic mass is 35.5. The number of ether oxygens (including phenoxy) is 1. The minimum atomic E-state index is -0.388. The molecular weight excluding hydrogens is 358 g/mol. The van der Waals surface area contributed by atoms with E-state index in [0.29, 0.717) is 0 Å². The molecule has 0 saturated heterocycles. The predicted octanol–water partition coefficient (Wildman–Crippen LogP) is 7.33. The van der Waals surface area contributed by atoms with Gasteiger partial charge in [0.25, 0.3) is 0 Å². The van der Waals surface area contributed by atoms with Gasteiger partial charge in [-0.1, -0.05) is 97.0 Å². The molecule has 0 spiro atoms. The fraction of sp³-hybridized carbons (Fsp3) is 0.870. The molecule has 0 aliphatic carbocycles. The molecule has 0 aliphatic heterocycles. The molecule has 0 rings (SSSR count). The van der Waals surface area contributed by atoms with E-state index in [2.05, 4.69) is 13.5 Å².